The lowest BCUT2D eigenvalue weighted by molar-refractivity contribution is -0.109. The predicted molar refractivity (Wildman–Crippen MR) is 187 cm³/mol. The minimum absolute atomic E-state index is 0. The van der Waals surface area contributed by atoms with E-state index in [-0.39, 0.29) is 30.2 Å². The van der Waals surface area contributed by atoms with Crippen molar-refractivity contribution in [1.82, 2.24) is 9.62 Å². The summed E-state index contributed by atoms with van der Waals surface area (Å²) in [5.74, 6) is -2.83. The number of carbonyl (C=O) groups is 2. The van der Waals surface area contributed by atoms with E-state index in [0.717, 1.165) is 49.2 Å². The molecule has 6 atom stereocenters. The Morgan fingerprint density at radius 1 is 1.18 bits per heavy atom. The molecule has 2 bridgehead atoms. The van der Waals surface area contributed by atoms with Crippen LogP contribution >= 0.6 is 11.6 Å². The number of rotatable bonds is 2. The van der Waals surface area contributed by atoms with Crippen LogP contribution in [0.5, 0.6) is 5.75 Å². The van der Waals surface area contributed by atoms with Gasteiger partial charge in [0.1, 0.15) is 15.7 Å². The second kappa shape index (κ2) is 13.2. The summed E-state index contributed by atoms with van der Waals surface area (Å²) in [6.07, 6.45) is 9.42. The number of anilines is 1. The summed E-state index contributed by atoms with van der Waals surface area (Å²) in [6, 6.07) is 10.3. The van der Waals surface area contributed by atoms with Gasteiger partial charge in [-0.3, -0.25) is 9.52 Å². The first-order valence-corrected chi connectivity index (χ1v) is 19.2. The number of urea groups is 1. The van der Waals surface area contributed by atoms with Crippen molar-refractivity contribution in [2.45, 2.75) is 62.9 Å². The van der Waals surface area contributed by atoms with Crippen LogP contribution in [-0.4, -0.2) is 78.7 Å². The second-order valence-electron chi connectivity index (χ2n) is 14.6. The molecule has 2 fully saturated rings. The summed E-state index contributed by atoms with van der Waals surface area (Å²) in [5.41, 5.74) is 3.14. The molecule has 1 saturated carbocycles. The van der Waals surface area contributed by atoms with Crippen molar-refractivity contribution in [1.29, 1.82) is 0 Å². The van der Waals surface area contributed by atoms with Crippen molar-refractivity contribution >= 4 is 39.1 Å². The number of aryl methyl sites for hydroxylation is 1. The minimum Gasteiger partial charge on any atom is -0.490 e. The molecule has 0 radical (unpaired) electrons. The number of nitrogens with zero attached hydrogens (tertiary/aromatic N) is 3. The summed E-state index contributed by atoms with van der Waals surface area (Å²) in [4.78, 5) is 29.9. The van der Waals surface area contributed by atoms with Gasteiger partial charge in [-0.25, -0.2) is 17.8 Å². The fourth-order valence-electron chi connectivity index (χ4n) is 8.22. The van der Waals surface area contributed by atoms with Gasteiger partial charge in [-0.15, -0.1) is 4.36 Å². The van der Waals surface area contributed by atoms with Crippen molar-refractivity contribution in [3.63, 3.8) is 0 Å². The third-order valence-corrected chi connectivity index (χ3v) is 13.1. The quantitative estimate of drug-likeness (QED) is 0.340. The van der Waals surface area contributed by atoms with E-state index in [1.807, 2.05) is 19.1 Å². The van der Waals surface area contributed by atoms with Gasteiger partial charge < -0.3 is 19.3 Å². The van der Waals surface area contributed by atoms with Gasteiger partial charge in [0.25, 0.3) is 11.8 Å². The molecule has 3 heterocycles. The second-order valence-corrected chi connectivity index (χ2v) is 17.0. The Labute approximate surface area is 293 Å². The lowest BCUT2D eigenvalue weighted by atomic mass is 9.68. The van der Waals surface area contributed by atoms with Crippen molar-refractivity contribution < 1.29 is 33.5 Å². The number of methoxy groups -OCH3 is 1. The van der Waals surface area contributed by atoms with Gasteiger partial charge in [-0.1, -0.05) is 36.7 Å². The maximum atomic E-state index is 14.2. The Bertz CT molecular complexity index is 1800. The lowest BCUT2D eigenvalue weighted by Crippen LogP contribution is -2.61. The number of likely N-dealkylation sites (tertiary alicyclic amines) is 1. The van der Waals surface area contributed by atoms with Crippen LogP contribution in [0.3, 0.4) is 0 Å². The standard InChI is InChI=1S/C36H43ClF2N4O5S.H2/c1-23-5-3-7-31(47-2)28-11-8-26(28)17-42-19-35(14-4-6-24-15-27(37)10-12-29(24)35)22-48-32-13-9-25(16-30(32)42)33(44)40-49(46,18-23)41-34(45)43-20-36(38,39)21-43;/h3,7,9-10,12-13,15-16,23,26,28,31H,4-6,8,11,14,17-22H2,1-2H3,(H,40,41,44,45,46);1H/b7-3+;/t23-,26-,28+,31-,35-,49?;/m0./s1. The summed E-state index contributed by atoms with van der Waals surface area (Å²) in [6.45, 7) is 2.17. The van der Waals surface area contributed by atoms with Crippen molar-refractivity contribution in [3.05, 3.63) is 70.3 Å². The number of alkyl halides is 2. The van der Waals surface area contributed by atoms with E-state index in [0.29, 0.717) is 42.2 Å². The van der Waals surface area contributed by atoms with Crippen LogP contribution in [-0.2, 0) is 26.5 Å². The van der Waals surface area contributed by atoms with E-state index < -0.39 is 40.9 Å². The highest BCUT2D eigenvalue weighted by Gasteiger charge is 2.47. The Morgan fingerprint density at radius 2 is 2.00 bits per heavy atom. The molecule has 2 aromatic carbocycles. The number of ether oxygens (including phenoxy) is 2. The first-order chi connectivity index (χ1) is 23.4. The fourth-order valence-corrected chi connectivity index (χ4v) is 10.3. The van der Waals surface area contributed by atoms with Crippen LogP contribution in [0.15, 0.2) is 52.9 Å². The highest BCUT2D eigenvalue weighted by atomic mass is 35.5. The Hall–Kier alpha value is -3.22. The molecule has 2 aliphatic carbocycles. The molecule has 13 heteroatoms. The average molecular weight is 719 g/mol. The highest BCUT2D eigenvalue weighted by molar-refractivity contribution is 7.92. The van der Waals surface area contributed by atoms with E-state index in [1.54, 1.807) is 25.3 Å². The zero-order valence-electron chi connectivity index (χ0n) is 27.8. The Morgan fingerprint density at radius 3 is 2.73 bits per heavy atom. The third-order valence-electron chi connectivity index (χ3n) is 10.9. The Kier molecular flexibility index (Phi) is 9.19. The largest absolute Gasteiger partial charge is 0.490 e. The average Bonchev–Trinajstić information content (AvgIpc) is 3.17. The van der Waals surface area contributed by atoms with Crippen molar-refractivity contribution in [3.8, 4) is 5.75 Å². The molecule has 2 aromatic rings. The van der Waals surface area contributed by atoms with E-state index in [1.165, 1.54) is 11.1 Å². The van der Waals surface area contributed by atoms with Crippen LogP contribution in [0.1, 0.15) is 61.9 Å². The molecule has 3 aliphatic heterocycles. The van der Waals surface area contributed by atoms with E-state index >= 15 is 0 Å². The molecule has 1 saturated heterocycles. The number of nitrogens with one attached hydrogen (secondary N) is 1. The number of amides is 3. The van der Waals surface area contributed by atoms with Gasteiger partial charge in [0.05, 0.1) is 37.2 Å². The van der Waals surface area contributed by atoms with Crippen LogP contribution in [0.2, 0.25) is 5.02 Å². The number of hydrogen-bond donors (Lipinski definition) is 1. The van der Waals surface area contributed by atoms with Gasteiger partial charge in [0.15, 0.2) is 0 Å². The molecule has 266 valence electrons. The lowest BCUT2D eigenvalue weighted by Gasteiger charge is -2.46. The van der Waals surface area contributed by atoms with Crippen molar-refractivity contribution in [2.24, 2.45) is 22.1 Å². The number of allylic oxidation sites excluding steroid dienone is 1. The van der Waals surface area contributed by atoms with E-state index in [4.69, 9.17) is 21.1 Å². The van der Waals surface area contributed by atoms with Gasteiger partial charge in [0, 0.05) is 37.6 Å². The number of fused-ring (bicyclic) bond motifs is 4. The van der Waals surface area contributed by atoms with Crippen molar-refractivity contribution in [2.75, 3.05) is 50.5 Å². The van der Waals surface area contributed by atoms with Gasteiger partial charge in [-0.2, -0.15) is 0 Å². The third kappa shape index (κ3) is 6.93. The molecule has 0 aromatic heterocycles. The van der Waals surface area contributed by atoms with E-state index in [2.05, 4.69) is 32.2 Å². The summed E-state index contributed by atoms with van der Waals surface area (Å²) < 4.78 is 60.4. The highest BCUT2D eigenvalue weighted by Crippen LogP contribution is 2.47. The molecule has 9 nitrogen and oxygen atoms in total. The van der Waals surface area contributed by atoms with Crippen LogP contribution < -0.4 is 14.4 Å². The molecule has 3 amide bonds. The molecule has 1 N–H and O–H groups in total. The predicted octanol–water partition coefficient (Wildman–Crippen LogP) is 6.88. The molecule has 5 aliphatic rings. The summed E-state index contributed by atoms with van der Waals surface area (Å²) >= 11 is 6.42. The maximum Gasteiger partial charge on any atom is 0.330 e. The number of hydrogen-bond acceptors (Lipinski definition) is 6. The number of halogens is 3. The van der Waals surface area contributed by atoms with Crippen LogP contribution in [0.25, 0.3) is 0 Å². The van der Waals surface area contributed by atoms with Gasteiger partial charge in [-0.05, 0) is 97.7 Å². The molecule has 1 unspecified atom stereocenters. The Balaban J connectivity index is 0.00000432. The topological polar surface area (TPSA) is 101 Å². The van der Waals surface area contributed by atoms with E-state index in [9.17, 15) is 22.6 Å². The number of benzene rings is 2. The first-order valence-electron chi connectivity index (χ1n) is 17.1. The number of carbonyl (C=O) groups excluding carboxylic acids is 2. The SMILES string of the molecule is CO[C@H]1/C=C/C[C@H](C)CS(=O)(NC(=O)N2CC(F)(F)C2)=NC(=O)c2ccc3c(c2)N(C[C@@H]2CC[C@H]21)C[C@@]1(CCCc2cc(Cl)ccc21)CO3.[HH]. The van der Waals surface area contributed by atoms with Gasteiger partial charge >= 0.3 is 6.03 Å². The zero-order chi connectivity index (χ0) is 34.6. The normalized spacial score (nSPS) is 33.0. The van der Waals surface area contributed by atoms with Crippen LogP contribution in [0.4, 0.5) is 19.3 Å². The molecular weight excluding hydrogens is 674 g/mol. The molecule has 1 spiro atoms. The maximum absolute atomic E-state index is 14.2. The summed E-state index contributed by atoms with van der Waals surface area (Å²) in [5, 5.41) is 0.714. The molecule has 7 rings (SSSR count). The summed E-state index contributed by atoms with van der Waals surface area (Å²) in [7, 11) is -1.96. The van der Waals surface area contributed by atoms with Gasteiger partial charge in [0.2, 0.25) is 0 Å². The monoisotopic (exact) mass is 718 g/mol. The fraction of sp³-hybridized carbons (Fsp3) is 0.556. The molecular formula is C36H45ClF2N4O5S. The first kappa shape index (κ1) is 34.2. The van der Waals surface area contributed by atoms with Crippen LogP contribution in [0, 0.1) is 17.8 Å². The zero-order valence-corrected chi connectivity index (χ0v) is 29.4. The molecule has 49 heavy (non-hydrogen) atoms. The minimum atomic E-state index is -3.68. The smallest absolute Gasteiger partial charge is 0.330 e.